The molecule has 0 aliphatic heterocycles. The van der Waals surface area contributed by atoms with Crippen LogP contribution in [0.4, 0.5) is 0 Å². The summed E-state index contributed by atoms with van der Waals surface area (Å²) in [4.78, 5) is 0. The second kappa shape index (κ2) is 2.88. The van der Waals surface area contributed by atoms with E-state index >= 15 is 0 Å². The monoisotopic (exact) mass is 240 g/mol. The fourth-order valence-electron chi connectivity index (χ4n) is 2.16. The molecule has 2 heteroatoms. The highest BCUT2D eigenvalue weighted by atomic mass is 79.9. The molecule has 1 aromatic heterocycles. The van der Waals surface area contributed by atoms with Gasteiger partial charge in [0.2, 0.25) is 0 Å². The molecule has 1 saturated carbocycles. The first kappa shape index (κ1) is 8.10. The normalized spacial score (nSPS) is 21.6. The minimum Gasteiger partial charge on any atom is -0.464 e. The van der Waals surface area contributed by atoms with Crippen LogP contribution in [0.1, 0.15) is 48.7 Å². The van der Waals surface area contributed by atoms with Gasteiger partial charge in [0.25, 0.3) is 0 Å². The molecule has 0 aromatic carbocycles. The highest BCUT2D eigenvalue weighted by Gasteiger charge is 2.32. The predicted octanol–water partition coefficient (Wildman–Crippen LogP) is 3.80. The highest BCUT2D eigenvalue weighted by molar-refractivity contribution is 9.10. The Balaban J connectivity index is 2.06. The lowest BCUT2D eigenvalue weighted by Crippen LogP contribution is -1.98. The van der Waals surface area contributed by atoms with Crippen LogP contribution in [-0.2, 0) is 12.8 Å². The van der Waals surface area contributed by atoms with Crippen molar-refractivity contribution in [3.63, 3.8) is 0 Å². The first-order chi connectivity index (χ1) is 6.36. The number of fused-ring (bicyclic) bond motifs is 1. The van der Waals surface area contributed by atoms with Gasteiger partial charge >= 0.3 is 0 Å². The fourth-order valence-corrected chi connectivity index (χ4v) is 2.98. The largest absolute Gasteiger partial charge is 0.464 e. The van der Waals surface area contributed by atoms with E-state index in [-0.39, 0.29) is 0 Å². The molecule has 1 fully saturated rings. The lowest BCUT2D eigenvalue weighted by Gasteiger charge is -2.08. The van der Waals surface area contributed by atoms with Crippen molar-refractivity contribution in [3.05, 3.63) is 21.6 Å². The predicted molar refractivity (Wildman–Crippen MR) is 55.0 cm³/mol. The van der Waals surface area contributed by atoms with E-state index in [1.807, 2.05) is 0 Å². The zero-order valence-corrected chi connectivity index (χ0v) is 9.19. The molecule has 0 spiro atoms. The zero-order chi connectivity index (χ0) is 8.84. The summed E-state index contributed by atoms with van der Waals surface area (Å²) >= 11 is 3.68. The van der Waals surface area contributed by atoms with Crippen LogP contribution in [0.15, 0.2) is 8.89 Å². The van der Waals surface area contributed by atoms with Gasteiger partial charge in [-0.15, -0.1) is 0 Å². The van der Waals surface area contributed by atoms with Gasteiger partial charge in [-0.3, -0.25) is 0 Å². The molecule has 3 rings (SSSR count). The number of hydrogen-bond acceptors (Lipinski definition) is 1. The Labute approximate surface area is 86.6 Å². The minimum atomic E-state index is 0.736. The van der Waals surface area contributed by atoms with Crippen LogP contribution in [0.5, 0.6) is 0 Å². The first-order valence-electron chi connectivity index (χ1n) is 5.16. The van der Waals surface area contributed by atoms with Gasteiger partial charge in [0.05, 0.1) is 4.47 Å². The minimum absolute atomic E-state index is 0.736. The van der Waals surface area contributed by atoms with E-state index in [0.29, 0.717) is 0 Å². The van der Waals surface area contributed by atoms with Crippen LogP contribution in [0.25, 0.3) is 0 Å². The van der Waals surface area contributed by atoms with Crippen LogP contribution in [0, 0.1) is 0 Å². The summed E-state index contributed by atoms with van der Waals surface area (Å²) in [6.45, 7) is 0. The third-order valence-corrected chi connectivity index (χ3v) is 3.95. The van der Waals surface area contributed by atoms with Gasteiger partial charge in [-0.1, -0.05) is 0 Å². The molecule has 13 heavy (non-hydrogen) atoms. The summed E-state index contributed by atoms with van der Waals surface area (Å²) in [5.74, 6) is 3.24. The molecule has 0 bridgehead atoms. The Bertz CT molecular complexity index is 336. The second-order valence-electron chi connectivity index (χ2n) is 4.16. The third-order valence-electron chi connectivity index (χ3n) is 3.08. The Morgan fingerprint density at radius 2 is 1.92 bits per heavy atom. The van der Waals surface area contributed by atoms with Crippen LogP contribution in [0.3, 0.4) is 0 Å². The average molecular weight is 241 g/mol. The van der Waals surface area contributed by atoms with Gasteiger partial charge in [-0.2, -0.15) is 0 Å². The third kappa shape index (κ3) is 1.26. The van der Waals surface area contributed by atoms with Gasteiger partial charge in [0.1, 0.15) is 11.5 Å². The van der Waals surface area contributed by atoms with E-state index in [2.05, 4.69) is 15.9 Å². The quantitative estimate of drug-likeness (QED) is 0.728. The molecular formula is C11H13BrO. The second-order valence-corrected chi connectivity index (χ2v) is 4.96. The maximum Gasteiger partial charge on any atom is 0.121 e. The Hall–Kier alpha value is -0.240. The van der Waals surface area contributed by atoms with E-state index in [9.17, 15) is 0 Å². The fraction of sp³-hybridized carbons (Fsp3) is 0.636. The SMILES string of the molecule is Brc1c(C2CC2)oc2c1CCCC2. The Morgan fingerprint density at radius 1 is 1.15 bits per heavy atom. The van der Waals surface area contributed by atoms with Crippen LogP contribution >= 0.6 is 15.9 Å². The van der Waals surface area contributed by atoms with Gasteiger partial charge < -0.3 is 4.42 Å². The number of hydrogen-bond donors (Lipinski definition) is 0. The number of aryl methyl sites for hydroxylation is 1. The van der Waals surface area contributed by atoms with E-state index in [1.165, 1.54) is 53.7 Å². The number of rotatable bonds is 1. The van der Waals surface area contributed by atoms with Gasteiger partial charge in [0, 0.05) is 17.9 Å². The summed E-state index contributed by atoms with van der Waals surface area (Å²) in [5.41, 5.74) is 1.47. The summed E-state index contributed by atoms with van der Waals surface area (Å²) < 4.78 is 7.21. The van der Waals surface area contributed by atoms with E-state index in [1.54, 1.807) is 0 Å². The average Bonchev–Trinajstić information content (AvgIpc) is 2.94. The summed E-state index contributed by atoms with van der Waals surface area (Å²) in [6, 6.07) is 0. The highest BCUT2D eigenvalue weighted by Crippen LogP contribution is 2.47. The molecule has 0 saturated heterocycles. The molecule has 0 radical (unpaired) electrons. The molecule has 0 atom stereocenters. The molecule has 0 N–H and O–H groups in total. The molecule has 2 aliphatic rings. The van der Waals surface area contributed by atoms with Crippen molar-refractivity contribution >= 4 is 15.9 Å². The summed E-state index contributed by atoms with van der Waals surface area (Å²) in [7, 11) is 0. The van der Waals surface area contributed by atoms with Crippen molar-refractivity contribution in [1.82, 2.24) is 0 Å². The Morgan fingerprint density at radius 3 is 2.62 bits per heavy atom. The lowest BCUT2D eigenvalue weighted by atomic mass is 9.98. The van der Waals surface area contributed by atoms with Crippen LogP contribution in [0.2, 0.25) is 0 Å². The first-order valence-corrected chi connectivity index (χ1v) is 5.95. The van der Waals surface area contributed by atoms with Gasteiger partial charge in [-0.05, 0) is 48.0 Å². The van der Waals surface area contributed by atoms with Crippen LogP contribution < -0.4 is 0 Å². The van der Waals surface area contributed by atoms with Crippen molar-refractivity contribution in [1.29, 1.82) is 0 Å². The zero-order valence-electron chi connectivity index (χ0n) is 7.61. The molecule has 70 valence electrons. The van der Waals surface area contributed by atoms with Crippen molar-refractivity contribution in [2.45, 2.75) is 44.4 Å². The van der Waals surface area contributed by atoms with E-state index < -0.39 is 0 Å². The summed E-state index contributed by atoms with van der Waals surface area (Å²) in [6.07, 6.45) is 7.65. The standard InChI is InChI=1S/C11H13BrO/c12-10-8-3-1-2-4-9(8)13-11(10)7-5-6-7/h7H,1-6H2. The van der Waals surface area contributed by atoms with Crippen molar-refractivity contribution in [3.8, 4) is 0 Å². The smallest absolute Gasteiger partial charge is 0.121 e. The molecule has 1 nitrogen and oxygen atoms in total. The van der Waals surface area contributed by atoms with Crippen LogP contribution in [-0.4, -0.2) is 0 Å². The van der Waals surface area contributed by atoms with Crippen molar-refractivity contribution in [2.24, 2.45) is 0 Å². The molecule has 1 heterocycles. The maximum absolute atomic E-state index is 5.91. The molecule has 2 aliphatic carbocycles. The van der Waals surface area contributed by atoms with Crippen molar-refractivity contribution < 1.29 is 4.42 Å². The molecule has 1 aromatic rings. The maximum atomic E-state index is 5.91. The van der Waals surface area contributed by atoms with E-state index in [0.717, 1.165) is 12.3 Å². The number of furan rings is 1. The Kier molecular flexibility index (Phi) is 1.79. The lowest BCUT2D eigenvalue weighted by molar-refractivity contribution is 0.444. The van der Waals surface area contributed by atoms with E-state index in [4.69, 9.17) is 4.42 Å². The molecule has 0 unspecified atom stereocenters. The molecule has 0 amide bonds. The number of halogens is 1. The molecular weight excluding hydrogens is 228 g/mol. The van der Waals surface area contributed by atoms with Gasteiger partial charge in [0.15, 0.2) is 0 Å². The van der Waals surface area contributed by atoms with Crippen molar-refractivity contribution in [2.75, 3.05) is 0 Å². The topological polar surface area (TPSA) is 13.1 Å². The summed E-state index contributed by atoms with van der Waals surface area (Å²) in [5, 5.41) is 0. The van der Waals surface area contributed by atoms with Gasteiger partial charge in [-0.25, -0.2) is 0 Å².